The number of amides is 1. The summed E-state index contributed by atoms with van der Waals surface area (Å²) in [6.07, 6.45) is 3.94. The van der Waals surface area contributed by atoms with E-state index in [0.717, 1.165) is 43.6 Å². The third kappa shape index (κ3) is 6.40. The van der Waals surface area contributed by atoms with Crippen LogP contribution in [-0.2, 0) is 6.18 Å². The van der Waals surface area contributed by atoms with E-state index in [1.807, 2.05) is 6.92 Å². The lowest BCUT2D eigenvalue weighted by Gasteiger charge is -2.17. The van der Waals surface area contributed by atoms with Gasteiger partial charge < -0.3 is 10.1 Å². The molecule has 1 fully saturated rings. The molecule has 1 N–H and O–H groups in total. The Bertz CT molecular complexity index is 1450. The largest absolute Gasteiger partial charge is 0.492 e. The topological polar surface area (TPSA) is 98.1 Å². The summed E-state index contributed by atoms with van der Waals surface area (Å²) in [4.78, 5) is 23.3. The SMILES string of the molecule is Cc1ccc(C(=O)Nc2cc(OCCN3CCCC3)cc(C(F)(F)F)c2)cc1-n1cc(-c2cncnc2)nn1. The molecule has 5 rings (SSSR count). The summed E-state index contributed by atoms with van der Waals surface area (Å²) < 4.78 is 47.9. The minimum absolute atomic E-state index is 0.0137. The second-order valence-electron chi connectivity index (χ2n) is 9.27. The zero-order valence-corrected chi connectivity index (χ0v) is 21.1. The number of benzene rings is 2. The van der Waals surface area contributed by atoms with Crippen molar-refractivity contribution < 1.29 is 22.7 Å². The molecule has 1 saturated heterocycles. The van der Waals surface area contributed by atoms with Gasteiger partial charge in [0, 0.05) is 41.8 Å². The first-order valence-electron chi connectivity index (χ1n) is 12.4. The predicted molar refractivity (Wildman–Crippen MR) is 138 cm³/mol. The standard InChI is InChI=1S/C27H26F3N7O2/c1-18-4-5-19(10-25(18)37-16-24(34-35-37)20-14-31-17-32-15-20)26(38)33-22-11-21(27(28,29)30)12-23(13-22)39-9-8-36-6-2-3-7-36/h4-5,10-17H,2-3,6-9H2,1H3,(H,33,38). The normalized spacial score (nSPS) is 13.9. The number of alkyl halides is 3. The molecule has 9 nitrogen and oxygen atoms in total. The van der Waals surface area contributed by atoms with Gasteiger partial charge in [0.1, 0.15) is 24.4 Å². The van der Waals surface area contributed by atoms with Crippen LogP contribution in [0.25, 0.3) is 16.9 Å². The lowest BCUT2D eigenvalue weighted by atomic mass is 10.1. The Labute approximate surface area is 222 Å². The van der Waals surface area contributed by atoms with Gasteiger partial charge in [-0.3, -0.25) is 9.69 Å². The first-order valence-corrected chi connectivity index (χ1v) is 12.4. The number of aromatic nitrogens is 5. The number of aryl methyl sites for hydroxylation is 1. The summed E-state index contributed by atoms with van der Waals surface area (Å²) in [7, 11) is 0. The second-order valence-corrected chi connectivity index (χ2v) is 9.27. The fourth-order valence-electron chi connectivity index (χ4n) is 4.36. The zero-order chi connectivity index (χ0) is 27.4. The summed E-state index contributed by atoms with van der Waals surface area (Å²) in [5.74, 6) is -0.528. The summed E-state index contributed by atoms with van der Waals surface area (Å²) in [5, 5.41) is 10.9. The van der Waals surface area contributed by atoms with E-state index in [-0.39, 0.29) is 23.6 Å². The van der Waals surface area contributed by atoms with Crippen molar-refractivity contribution in [3.63, 3.8) is 0 Å². The fourth-order valence-corrected chi connectivity index (χ4v) is 4.36. The van der Waals surface area contributed by atoms with E-state index in [2.05, 4.69) is 30.5 Å². The summed E-state index contributed by atoms with van der Waals surface area (Å²) >= 11 is 0. The molecule has 1 aliphatic rings. The van der Waals surface area contributed by atoms with E-state index >= 15 is 0 Å². The van der Waals surface area contributed by atoms with Gasteiger partial charge in [0.05, 0.1) is 17.4 Å². The number of nitrogens with zero attached hydrogens (tertiary/aromatic N) is 6. The number of hydrogen-bond donors (Lipinski definition) is 1. The first kappa shape index (κ1) is 26.3. The second kappa shape index (κ2) is 11.2. The van der Waals surface area contributed by atoms with Gasteiger partial charge in [0.15, 0.2) is 0 Å². The maximum atomic E-state index is 13.6. The van der Waals surface area contributed by atoms with Crippen molar-refractivity contribution >= 4 is 11.6 Å². The maximum Gasteiger partial charge on any atom is 0.416 e. The monoisotopic (exact) mass is 537 g/mol. The summed E-state index contributed by atoms with van der Waals surface area (Å²) in [6.45, 7) is 4.66. The maximum absolute atomic E-state index is 13.6. The molecule has 39 heavy (non-hydrogen) atoms. The molecular weight excluding hydrogens is 511 g/mol. The van der Waals surface area contributed by atoms with Crippen LogP contribution in [-0.4, -0.2) is 62.0 Å². The summed E-state index contributed by atoms with van der Waals surface area (Å²) in [5.41, 5.74) is 1.96. The Morgan fingerprint density at radius 3 is 2.59 bits per heavy atom. The van der Waals surface area contributed by atoms with Crippen LogP contribution < -0.4 is 10.1 Å². The average molecular weight is 538 g/mol. The molecule has 0 unspecified atom stereocenters. The van der Waals surface area contributed by atoms with Gasteiger partial charge in [-0.2, -0.15) is 13.2 Å². The zero-order valence-electron chi connectivity index (χ0n) is 21.1. The number of halogens is 3. The Hall–Kier alpha value is -4.32. The Kier molecular flexibility index (Phi) is 7.55. The van der Waals surface area contributed by atoms with Crippen molar-refractivity contribution in [1.29, 1.82) is 0 Å². The van der Waals surface area contributed by atoms with E-state index in [4.69, 9.17) is 4.74 Å². The molecule has 3 heterocycles. The molecule has 1 amide bonds. The van der Waals surface area contributed by atoms with Crippen molar-refractivity contribution in [3.05, 3.63) is 78.0 Å². The lowest BCUT2D eigenvalue weighted by Crippen LogP contribution is -2.25. The van der Waals surface area contributed by atoms with Crippen LogP contribution in [0.5, 0.6) is 5.75 Å². The molecule has 0 bridgehead atoms. The number of carbonyl (C=O) groups excluding carboxylic acids is 1. The highest BCUT2D eigenvalue weighted by atomic mass is 19.4. The third-order valence-electron chi connectivity index (χ3n) is 6.43. The number of ether oxygens (including phenoxy) is 1. The minimum Gasteiger partial charge on any atom is -0.492 e. The van der Waals surface area contributed by atoms with Crippen LogP contribution in [0.4, 0.5) is 18.9 Å². The number of likely N-dealkylation sites (tertiary alicyclic amines) is 1. The van der Waals surface area contributed by atoms with Crippen molar-refractivity contribution in [1.82, 2.24) is 29.9 Å². The van der Waals surface area contributed by atoms with E-state index in [0.29, 0.717) is 23.5 Å². The number of nitrogens with one attached hydrogen (secondary N) is 1. The first-order chi connectivity index (χ1) is 18.8. The molecule has 2 aromatic carbocycles. The number of carbonyl (C=O) groups is 1. The van der Waals surface area contributed by atoms with Crippen LogP contribution in [0.15, 0.2) is 61.3 Å². The quantitative estimate of drug-likeness (QED) is 0.346. The summed E-state index contributed by atoms with van der Waals surface area (Å²) in [6, 6.07) is 8.17. The molecule has 0 atom stereocenters. The molecular formula is C27H26F3N7O2. The van der Waals surface area contributed by atoms with Gasteiger partial charge in [-0.05, 0) is 62.7 Å². The molecule has 0 aliphatic carbocycles. The molecule has 0 saturated carbocycles. The van der Waals surface area contributed by atoms with Crippen LogP contribution in [0.2, 0.25) is 0 Å². The molecule has 12 heteroatoms. The Balaban J connectivity index is 1.35. The number of anilines is 1. The third-order valence-corrected chi connectivity index (χ3v) is 6.43. The van der Waals surface area contributed by atoms with Crippen molar-refractivity contribution in [2.75, 3.05) is 31.6 Å². The lowest BCUT2D eigenvalue weighted by molar-refractivity contribution is -0.137. The number of hydrogen-bond acceptors (Lipinski definition) is 7. The highest BCUT2D eigenvalue weighted by Gasteiger charge is 2.32. The molecule has 0 radical (unpaired) electrons. The van der Waals surface area contributed by atoms with Gasteiger partial charge in [-0.1, -0.05) is 11.3 Å². The van der Waals surface area contributed by atoms with Gasteiger partial charge in [-0.25, -0.2) is 14.6 Å². The van der Waals surface area contributed by atoms with E-state index in [9.17, 15) is 18.0 Å². The minimum atomic E-state index is -4.60. The molecule has 2 aromatic heterocycles. The number of rotatable bonds is 8. The van der Waals surface area contributed by atoms with Crippen molar-refractivity contribution in [2.45, 2.75) is 25.9 Å². The van der Waals surface area contributed by atoms with Gasteiger partial charge >= 0.3 is 6.18 Å². The highest BCUT2D eigenvalue weighted by molar-refractivity contribution is 6.04. The van der Waals surface area contributed by atoms with E-state index in [1.54, 1.807) is 36.8 Å². The van der Waals surface area contributed by atoms with Gasteiger partial charge in [0.25, 0.3) is 5.91 Å². The van der Waals surface area contributed by atoms with Crippen LogP contribution in [0.3, 0.4) is 0 Å². The Morgan fingerprint density at radius 1 is 1.08 bits per heavy atom. The van der Waals surface area contributed by atoms with Gasteiger partial charge in [0.2, 0.25) is 0 Å². The van der Waals surface area contributed by atoms with E-state index < -0.39 is 17.6 Å². The Morgan fingerprint density at radius 2 is 1.85 bits per heavy atom. The molecule has 0 spiro atoms. The molecule has 1 aliphatic heterocycles. The van der Waals surface area contributed by atoms with Gasteiger partial charge in [-0.15, -0.1) is 5.10 Å². The van der Waals surface area contributed by atoms with Crippen molar-refractivity contribution in [2.24, 2.45) is 0 Å². The molecule has 202 valence electrons. The predicted octanol–water partition coefficient (Wildman–Crippen LogP) is 4.78. The van der Waals surface area contributed by atoms with Crippen LogP contribution in [0, 0.1) is 6.92 Å². The highest BCUT2D eigenvalue weighted by Crippen LogP contribution is 2.34. The smallest absolute Gasteiger partial charge is 0.416 e. The van der Waals surface area contributed by atoms with Crippen LogP contribution in [0.1, 0.15) is 34.3 Å². The van der Waals surface area contributed by atoms with E-state index in [1.165, 1.54) is 17.1 Å². The fraction of sp³-hybridized carbons (Fsp3) is 0.296. The van der Waals surface area contributed by atoms with Crippen LogP contribution >= 0.6 is 0 Å². The molecule has 4 aromatic rings. The van der Waals surface area contributed by atoms with Crippen molar-refractivity contribution in [3.8, 4) is 22.7 Å². The average Bonchev–Trinajstić information content (AvgIpc) is 3.62.